The van der Waals surface area contributed by atoms with Gasteiger partial charge in [-0.2, -0.15) is 0 Å². The third-order valence-electron chi connectivity index (χ3n) is 7.72. The SMILES string of the molecule is C=C(c1ccccc1)n1c(=O)n(CCOCCOCCn2c(=O)n(C(=C)c3ccccc3)c3ccccc32)c2ccccc21. The molecule has 0 aliphatic rings. The van der Waals surface area contributed by atoms with Crippen LogP contribution in [0.5, 0.6) is 0 Å². The van der Waals surface area contributed by atoms with Crippen molar-refractivity contribution in [3.63, 3.8) is 0 Å². The summed E-state index contributed by atoms with van der Waals surface area (Å²) in [5.74, 6) is 0. The van der Waals surface area contributed by atoms with Crippen molar-refractivity contribution in [3.8, 4) is 0 Å². The number of nitrogens with zero attached hydrogens (tertiary/aromatic N) is 4. The maximum atomic E-state index is 13.4. The highest BCUT2D eigenvalue weighted by Gasteiger charge is 2.17. The van der Waals surface area contributed by atoms with E-state index in [0.29, 0.717) is 50.9 Å². The van der Waals surface area contributed by atoms with E-state index in [0.717, 1.165) is 33.2 Å². The fourth-order valence-electron chi connectivity index (χ4n) is 5.52. The smallest absolute Gasteiger partial charge is 0.333 e. The van der Waals surface area contributed by atoms with Crippen molar-refractivity contribution in [2.45, 2.75) is 13.1 Å². The zero-order valence-electron chi connectivity index (χ0n) is 24.5. The van der Waals surface area contributed by atoms with Crippen molar-refractivity contribution < 1.29 is 9.47 Å². The Bertz CT molecular complexity index is 1900. The van der Waals surface area contributed by atoms with Crippen molar-refractivity contribution in [1.29, 1.82) is 0 Å². The standard InChI is InChI=1S/C36H34N4O4/c1-27(29-13-5-3-6-14-29)39-33-19-11-9-17-31(33)37(35(39)41)21-23-43-25-26-44-24-22-38-32-18-10-12-20-34(32)40(36(38)42)28(2)30-15-7-4-8-16-30/h3-20H,1-2,21-26H2. The van der Waals surface area contributed by atoms with Gasteiger partial charge in [-0.3, -0.25) is 18.3 Å². The van der Waals surface area contributed by atoms with E-state index < -0.39 is 0 Å². The van der Waals surface area contributed by atoms with Crippen LogP contribution in [0.25, 0.3) is 33.5 Å². The Hall–Kier alpha value is -5.18. The van der Waals surface area contributed by atoms with Crippen molar-refractivity contribution in [2.75, 3.05) is 26.4 Å². The second-order valence-corrected chi connectivity index (χ2v) is 10.4. The maximum Gasteiger partial charge on any atom is 0.333 e. The highest BCUT2D eigenvalue weighted by atomic mass is 16.5. The van der Waals surface area contributed by atoms with Crippen molar-refractivity contribution in [1.82, 2.24) is 18.3 Å². The molecule has 0 N–H and O–H groups in total. The predicted octanol–water partition coefficient (Wildman–Crippen LogP) is 5.69. The Morgan fingerprint density at radius 3 is 1.20 bits per heavy atom. The molecular formula is C36H34N4O4. The Morgan fingerprint density at radius 1 is 0.477 bits per heavy atom. The first-order chi connectivity index (χ1) is 21.6. The summed E-state index contributed by atoms with van der Waals surface area (Å²) in [7, 11) is 0. The summed E-state index contributed by atoms with van der Waals surface area (Å²) in [5, 5.41) is 0. The molecule has 222 valence electrons. The fourth-order valence-corrected chi connectivity index (χ4v) is 5.52. The first-order valence-electron chi connectivity index (χ1n) is 14.6. The van der Waals surface area contributed by atoms with E-state index >= 15 is 0 Å². The highest BCUT2D eigenvalue weighted by molar-refractivity contribution is 5.83. The first-order valence-corrected chi connectivity index (χ1v) is 14.6. The molecule has 0 fully saturated rings. The molecule has 44 heavy (non-hydrogen) atoms. The van der Waals surface area contributed by atoms with Crippen LogP contribution in [0.3, 0.4) is 0 Å². The van der Waals surface area contributed by atoms with E-state index in [1.54, 1.807) is 18.3 Å². The molecule has 0 saturated carbocycles. The number of benzene rings is 4. The zero-order chi connectivity index (χ0) is 30.5. The van der Waals surface area contributed by atoms with Gasteiger partial charge in [-0.15, -0.1) is 0 Å². The Balaban J connectivity index is 1.04. The van der Waals surface area contributed by atoms with Crippen LogP contribution in [-0.2, 0) is 22.6 Å². The minimum Gasteiger partial charge on any atom is -0.377 e. The van der Waals surface area contributed by atoms with Gasteiger partial charge in [0.15, 0.2) is 0 Å². The third-order valence-corrected chi connectivity index (χ3v) is 7.72. The zero-order valence-corrected chi connectivity index (χ0v) is 24.5. The van der Waals surface area contributed by atoms with E-state index in [1.165, 1.54) is 0 Å². The summed E-state index contributed by atoms with van der Waals surface area (Å²) in [6, 6.07) is 34.8. The maximum absolute atomic E-state index is 13.4. The van der Waals surface area contributed by atoms with Crippen molar-refractivity contribution in [2.24, 2.45) is 0 Å². The molecule has 8 heteroatoms. The van der Waals surface area contributed by atoms with Gasteiger partial charge in [0.2, 0.25) is 0 Å². The molecule has 0 amide bonds. The molecule has 6 aromatic rings. The second kappa shape index (κ2) is 13.0. The average molecular weight is 587 g/mol. The number of imidazole rings is 2. The fraction of sp³-hybridized carbons (Fsp3) is 0.167. The molecule has 2 heterocycles. The van der Waals surface area contributed by atoms with Gasteiger partial charge >= 0.3 is 11.4 Å². The lowest BCUT2D eigenvalue weighted by molar-refractivity contribution is 0.0421. The third kappa shape index (κ3) is 5.60. The molecule has 0 aliphatic heterocycles. The topological polar surface area (TPSA) is 72.3 Å². The van der Waals surface area contributed by atoms with Gasteiger partial charge in [-0.05, 0) is 35.4 Å². The summed E-state index contributed by atoms with van der Waals surface area (Å²) in [6.07, 6.45) is 0. The van der Waals surface area contributed by atoms with Crippen LogP contribution < -0.4 is 11.4 Å². The molecule has 0 bridgehead atoms. The van der Waals surface area contributed by atoms with Crippen LogP contribution in [0.15, 0.2) is 132 Å². The predicted molar refractivity (Wildman–Crippen MR) is 176 cm³/mol. The summed E-state index contributed by atoms with van der Waals surface area (Å²) >= 11 is 0. The monoisotopic (exact) mass is 586 g/mol. The van der Waals surface area contributed by atoms with E-state index in [9.17, 15) is 9.59 Å². The number of hydrogen-bond donors (Lipinski definition) is 0. The van der Waals surface area contributed by atoms with Gasteiger partial charge in [0, 0.05) is 0 Å². The number of ether oxygens (including phenoxy) is 2. The van der Waals surface area contributed by atoms with Crippen molar-refractivity contribution in [3.05, 3.63) is 154 Å². The first kappa shape index (κ1) is 28.9. The Kier molecular flexibility index (Phi) is 8.54. The lowest BCUT2D eigenvalue weighted by atomic mass is 10.1. The van der Waals surface area contributed by atoms with Gasteiger partial charge in [-0.25, -0.2) is 9.59 Å². The highest BCUT2D eigenvalue weighted by Crippen LogP contribution is 2.22. The average Bonchev–Trinajstić information content (AvgIpc) is 3.51. The quantitative estimate of drug-likeness (QED) is 0.163. The molecular weight excluding hydrogens is 552 g/mol. The largest absolute Gasteiger partial charge is 0.377 e. The van der Waals surface area contributed by atoms with Gasteiger partial charge in [-0.1, -0.05) is 98.1 Å². The molecule has 0 aliphatic carbocycles. The molecule has 0 atom stereocenters. The number of para-hydroxylation sites is 4. The molecule has 6 rings (SSSR count). The van der Waals surface area contributed by atoms with Gasteiger partial charge in [0.05, 0.1) is 73.0 Å². The molecule has 2 aromatic heterocycles. The molecule has 8 nitrogen and oxygen atoms in total. The Labute approximate surface area is 254 Å². The summed E-state index contributed by atoms with van der Waals surface area (Å²) in [4.78, 5) is 26.9. The van der Waals surface area contributed by atoms with E-state index in [1.807, 2.05) is 109 Å². The molecule has 0 radical (unpaired) electrons. The summed E-state index contributed by atoms with van der Waals surface area (Å²) < 4.78 is 18.4. The van der Waals surface area contributed by atoms with Crippen LogP contribution >= 0.6 is 0 Å². The lowest BCUT2D eigenvalue weighted by Crippen LogP contribution is -2.26. The molecule has 0 unspecified atom stereocenters. The normalized spacial score (nSPS) is 11.4. The number of hydrogen-bond acceptors (Lipinski definition) is 4. The number of fused-ring (bicyclic) bond motifs is 2. The Morgan fingerprint density at radius 2 is 0.818 bits per heavy atom. The minimum absolute atomic E-state index is 0.153. The molecule has 4 aromatic carbocycles. The van der Waals surface area contributed by atoms with Gasteiger partial charge < -0.3 is 9.47 Å². The molecule has 0 saturated heterocycles. The minimum atomic E-state index is -0.153. The van der Waals surface area contributed by atoms with Crippen LogP contribution in [0, 0.1) is 0 Å². The van der Waals surface area contributed by atoms with Gasteiger partial charge in [0.25, 0.3) is 0 Å². The van der Waals surface area contributed by atoms with E-state index in [-0.39, 0.29) is 11.4 Å². The van der Waals surface area contributed by atoms with Gasteiger partial charge in [0.1, 0.15) is 0 Å². The number of aromatic nitrogens is 4. The van der Waals surface area contributed by atoms with Crippen molar-refractivity contribution >= 4 is 33.5 Å². The summed E-state index contributed by atoms with van der Waals surface area (Å²) in [5.41, 5.74) is 6.00. The second-order valence-electron chi connectivity index (χ2n) is 10.4. The van der Waals surface area contributed by atoms with Crippen LogP contribution in [0.2, 0.25) is 0 Å². The van der Waals surface area contributed by atoms with Crippen LogP contribution in [0.1, 0.15) is 11.1 Å². The van der Waals surface area contributed by atoms with E-state index in [4.69, 9.17) is 9.47 Å². The van der Waals surface area contributed by atoms with E-state index in [2.05, 4.69) is 13.2 Å². The lowest BCUT2D eigenvalue weighted by Gasteiger charge is -2.08. The summed E-state index contributed by atoms with van der Waals surface area (Å²) in [6.45, 7) is 10.6. The molecule has 0 spiro atoms. The van der Waals surface area contributed by atoms with Crippen LogP contribution in [-0.4, -0.2) is 44.7 Å². The number of rotatable bonds is 13. The van der Waals surface area contributed by atoms with Crippen LogP contribution in [0.4, 0.5) is 0 Å².